The molecule has 3 N–H and O–H groups in total. The minimum absolute atomic E-state index is 0.0314. The van der Waals surface area contributed by atoms with Crippen molar-refractivity contribution in [3.8, 4) is 22.8 Å². The molecule has 0 fully saturated rings. The molecule has 3 aromatic carbocycles. The van der Waals surface area contributed by atoms with Gasteiger partial charge in [0.15, 0.2) is 0 Å². The molecule has 0 saturated carbocycles. The topological polar surface area (TPSA) is 104 Å². The molecule has 32 heavy (non-hydrogen) atoms. The highest BCUT2D eigenvalue weighted by atomic mass is 16.4. The molecule has 0 amide bonds. The highest BCUT2D eigenvalue weighted by molar-refractivity contribution is 6.10. The van der Waals surface area contributed by atoms with Crippen LogP contribution >= 0.6 is 0 Å². The molecular formula is C25H22N4O3. The average Bonchev–Trinajstić information content (AvgIpc) is 3.40. The zero-order valence-electron chi connectivity index (χ0n) is 17.9. The van der Waals surface area contributed by atoms with Crippen LogP contribution in [-0.2, 0) is 5.41 Å². The SMILES string of the molecule is CC(C)(C)c1ccc(-n2cc(-c3nc4c(ccc5cc(C(=O)O)cc(O)c54)[nH]3)cn2)cc1. The van der Waals surface area contributed by atoms with Crippen molar-refractivity contribution in [3.05, 3.63) is 72.1 Å². The van der Waals surface area contributed by atoms with Gasteiger partial charge in [0.25, 0.3) is 0 Å². The summed E-state index contributed by atoms with van der Waals surface area (Å²) in [7, 11) is 0. The molecule has 2 heterocycles. The Bertz CT molecular complexity index is 1490. The quantitative estimate of drug-likeness (QED) is 0.365. The molecule has 0 aliphatic heterocycles. The van der Waals surface area contributed by atoms with Gasteiger partial charge in [-0.2, -0.15) is 5.10 Å². The first-order valence-corrected chi connectivity index (χ1v) is 10.3. The fourth-order valence-corrected chi connectivity index (χ4v) is 3.87. The van der Waals surface area contributed by atoms with Crippen molar-refractivity contribution in [1.29, 1.82) is 0 Å². The third-order valence-corrected chi connectivity index (χ3v) is 5.65. The van der Waals surface area contributed by atoms with E-state index in [0.717, 1.165) is 16.8 Å². The van der Waals surface area contributed by atoms with E-state index in [0.29, 0.717) is 22.1 Å². The molecule has 160 valence electrons. The van der Waals surface area contributed by atoms with E-state index in [1.165, 1.54) is 17.7 Å². The van der Waals surface area contributed by atoms with Gasteiger partial charge in [-0.25, -0.2) is 14.5 Å². The van der Waals surface area contributed by atoms with Crippen LogP contribution in [0.15, 0.2) is 60.9 Å². The number of H-pyrrole nitrogens is 1. The summed E-state index contributed by atoms with van der Waals surface area (Å²) >= 11 is 0. The van der Waals surface area contributed by atoms with Gasteiger partial charge >= 0.3 is 5.97 Å². The Hall–Kier alpha value is -4.13. The average molecular weight is 426 g/mol. The Morgan fingerprint density at radius 2 is 1.81 bits per heavy atom. The third-order valence-electron chi connectivity index (χ3n) is 5.65. The Morgan fingerprint density at radius 1 is 1.06 bits per heavy atom. The fourth-order valence-electron chi connectivity index (χ4n) is 3.87. The van der Waals surface area contributed by atoms with E-state index in [4.69, 9.17) is 0 Å². The Labute approximate surface area is 184 Å². The van der Waals surface area contributed by atoms with Crippen molar-refractivity contribution >= 4 is 27.8 Å². The van der Waals surface area contributed by atoms with Gasteiger partial charge in [-0.15, -0.1) is 0 Å². The number of benzene rings is 3. The molecule has 0 aliphatic carbocycles. The predicted molar refractivity (Wildman–Crippen MR) is 123 cm³/mol. The number of hydrogen-bond donors (Lipinski definition) is 3. The van der Waals surface area contributed by atoms with Crippen LogP contribution in [0, 0.1) is 0 Å². The second kappa shape index (κ2) is 6.95. The molecule has 0 spiro atoms. The summed E-state index contributed by atoms with van der Waals surface area (Å²) in [6.07, 6.45) is 3.63. The van der Waals surface area contributed by atoms with E-state index in [-0.39, 0.29) is 16.7 Å². The highest BCUT2D eigenvalue weighted by Crippen LogP contribution is 2.34. The van der Waals surface area contributed by atoms with Crippen molar-refractivity contribution in [2.45, 2.75) is 26.2 Å². The molecule has 0 bridgehead atoms. The van der Waals surface area contributed by atoms with E-state index >= 15 is 0 Å². The standard InChI is InChI=1S/C25H22N4O3/c1-25(2,3)17-5-7-18(8-6-17)29-13-16(12-26-29)23-27-19-9-4-14-10-15(24(31)32)11-20(30)21(14)22(19)28-23/h4-13,30H,1-3H3,(H,27,28)(H,31,32). The lowest BCUT2D eigenvalue weighted by molar-refractivity contribution is 0.0696. The molecule has 0 saturated heterocycles. The summed E-state index contributed by atoms with van der Waals surface area (Å²) in [6.45, 7) is 6.54. The molecule has 7 heteroatoms. The minimum Gasteiger partial charge on any atom is -0.507 e. The summed E-state index contributed by atoms with van der Waals surface area (Å²) < 4.78 is 1.80. The van der Waals surface area contributed by atoms with Gasteiger partial charge in [0.1, 0.15) is 17.1 Å². The third kappa shape index (κ3) is 3.28. The number of hydrogen-bond acceptors (Lipinski definition) is 4. The number of carbonyl (C=O) groups is 1. The number of aromatic hydroxyl groups is 1. The van der Waals surface area contributed by atoms with E-state index in [1.807, 2.05) is 24.4 Å². The van der Waals surface area contributed by atoms with Gasteiger partial charge in [-0.1, -0.05) is 39.0 Å². The second-order valence-corrected chi connectivity index (χ2v) is 8.92. The van der Waals surface area contributed by atoms with Gasteiger partial charge in [-0.05, 0) is 46.7 Å². The fraction of sp³-hybridized carbons (Fsp3) is 0.160. The normalized spacial score (nSPS) is 12.0. The molecule has 0 radical (unpaired) electrons. The number of aromatic carboxylic acids is 1. The van der Waals surface area contributed by atoms with Crippen LogP contribution in [-0.4, -0.2) is 35.9 Å². The van der Waals surface area contributed by atoms with Crippen LogP contribution < -0.4 is 0 Å². The number of rotatable bonds is 3. The van der Waals surface area contributed by atoms with Gasteiger partial charge in [0, 0.05) is 6.20 Å². The highest BCUT2D eigenvalue weighted by Gasteiger charge is 2.16. The number of nitrogens with zero attached hydrogens (tertiary/aromatic N) is 3. The molecule has 5 aromatic rings. The van der Waals surface area contributed by atoms with Crippen molar-refractivity contribution < 1.29 is 15.0 Å². The van der Waals surface area contributed by atoms with Crippen LogP contribution in [0.4, 0.5) is 0 Å². The first kappa shape index (κ1) is 19.8. The van der Waals surface area contributed by atoms with Gasteiger partial charge in [-0.3, -0.25) is 0 Å². The van der Waals surface area contributed by atoms with Crippen molar-refractivity contribution in [3.63, 3.8) is 0 Å². The van der Waals surface area contributed by atoms with Gasteiger partial charge in [0.05, 0.1) is 33.9 Å². The maximum atomic E-state index is 11.3. The number of phenolic OH excluding ortho intramolecular Hbond substituents is 1. The number of phenols is 1. The van der Waals surface area contributed by atoms with Crippen LogP contribution in [0.2, 0.25) is 0 Å². The Balaban J connectivity index is 1.55. The lowest BCUT2D eigenvalue weighted by Crippen LogP contribution is -2.10. The van der Waals surface area contributed by atoms with Crippen LogP contribution in [0.1, 0.15) is 36.7 Å². The number of carboxylic acid groups (broad SMARTS) is 1. The summed E-state index contributed by atoms with van der Waals surface area (Å²) in [6, 6.07) is 14.7. The van der Waals surface area contributed by atoms with E-state index < -0.39 is 5.97 Å². The monoisotopic (exact) mass is 426 g/mol. The maximum absolute atomic E-state index is 11.3. The molecule has 0 unspecified atom stereocenters. The Morgan fingerprint density at radius 3 is 2.50 bits per heavy atom. The first-order chi connectivity index (χ1) is 15.2. The number of imidazole rings is 1. The zero-order chi connectivity index (χ0) is 22.6. The maximum Gasteiger partial charge on any atom is 0.335 e. The van der Waals surface area contributed by atoms with Crippen LogP contribution in [0.25, 0.3) is 38.9 Å². The number of fused-ring (bicyclic) bond motifs is 3. The number of nitrogens with one attached hydrogen (secondary N) is 1. The van der Waals surface area contributed by atoms with Gasteiger partial charge < -0.3 is 15.2 Å². The largest absolute Gasteiger partial charge is 0.507 e. The minimum atomic E-state index is -1.09. The number of aromatic nitrogens is 4. The summed E-state index contributed by atoms with van der Waals surface area (Å²) in [4.78, 5) is 19.2. The number of aromatic amines is 1. The molecule has 0 aliphatic rings. The lowest BCUT2D eigenvalue weighted by Gasteiger charge is -2.19. The van der Waals surface area contributed by atoms with E-state index in [9.17, 15) is 15.0 Å². The number of carboxylic acids is 1. The van der Waals surface area contributed by atoms with Crippen LogP contribution in [0.5, 0.6) is 5.75 Å². The molecule has 0 atom stereocenters. The molecule has 5 rings (SSSR count). The van der Waals surface area contributed by atoms with E-state index in [2.05, 4.69) is 48.0 Å². The lowest BCUT2D eigenvalue weighted by atomic mass is 9.87. The second-order valence-electron chi connectivity index (χ2n) is 8.92. The van der Waals surface area contributed by atoms with E-state index in [1.54, 1.807) is 16.9 Å². The molecule has 7 nitrogen and oxygen atoms in total. The zero-order valence-corrected chi connectivity index (χ0v) is 17.9. The molecule has 2 aromatic heterocycles. The van der Waals surface area contributed by atoms with Crippen LogP contribution in [0.3, 0.4) is 0 Å². The Kier molecular flexibility index (Phi) is 4.30. The predicted octanol–water partition coefficient (Wildman–Crippen LogP) is 5.27. The summed E-state index contributed by atoms with van der Waals surface area (Å²) in [5, 5.41) is 25.3. The summed E-state index contributed by atoms with van der Waals surface area (Å²) in [5.74, 6) is -0.585. The smallest absolute Gasteiger partial charge is 0.335 e. The van der Waals surface area contributed by atoms with Crippen molar-refractivity contribution in [2.24, 2.45) is 0 Å². The molecular weight excluding hydrogens is 404 g/mol. The summed E-state index contributed by atoms with van der Waals surface area (Å²) in [5.41, 5.74) is 4.44. The van der Waals surface area contributed by atoms with Crippen molar-refractivity contribution in [1.82, 2.24) is 19.7 Å². The van der Waals surface area contributed by atoms with Crippen molar-refractivity contribution in [2.75, 3.05) is 0 Å². The first-order valence-electron chi connectivity index (χ1n) is 10.3. The van der Waals surface area contributed by atoms with Gasteiger partial charge in [0.2, 0.25) is 0 Å².